The molecule has 29 heavy (non-hydrogen) atoms. The highest BCUT2D eigenvalue weighted by Crippen LogP contribution is 2.40. The van der Waals surface area contributed by atoms with E-state index in [4.69, 9.17) is 14.1 Å². The zero-order valence-electron chi connectivity index (χ0n) is 15.8. The third-order valence-electron chi connectivity index (χ3n) is 5.03. The van der Waals surface area contributed by atoms with Gasteiger partial charge in [0.1, 0.15) is 17.0 Å². The van der Waals surface area contributed by atoms with Crippen molar-refractivity contribution in [3.8, 4) is 22.6 Å². The number of ether oxygens (including phenoxy) is 1. The fraction of sp³-hybridized carbons (Fsp3) is 0.353. The molecule has 4 aromatic rings. The van der Waals surface area contributed by atoms with E-state index in [1.54, 1.807) is 10.9 Å². The molecule has 150 valence electrons. The van der Waals surface area contributed by atoms with E-state index in [0.717, 1.165) is 45.2 Å². The molecule has 5 rings (SSSR count). The van der Waals surface area contributed by atoms with E-state index in [-0.39, 0.29) is 6.04 Å². The number of rotatable bonds is 4. The number of halogens is 1. The Labute approximate surface area is 185 Å². The predicted octanol–water partition coefficient (Wildman–Crippen LogP) is 3.37. The maximum absolute atomic E-state index is 5.63. The lowest BCUT2D eigenvalue weighted by Crippen LogP contribution is -2.44. The maximum atomic E-state index is 5.63. The summed E-state index contributed by atoms with van der Waals surface area (Å²) in [5, 5.41) is 12.6. The van der Waals surface area contributed by atoms with Crippen LogP contribution < -0.4 is 4.90 Å². The van der Waals surface area contributed by atoms with Crippen LogP contribution in [0.1, 0.15) is 6.92 Å². The third-order valence-corrected chi connectivity index (χ3v) is 7.79. The van der Waals surface area contributed by atoms with E-state index < -0.39 is 0 Å². The van der Waals surface area contributed by atoms with Crippen LogP contribution in [0.15, 0.2) is 24.5 Å². The highest BCUT2D eigenvalue weighted by atomic mass is 127. The smallest absolute Gasteiger partial charge is 0.130 e. The van der Waals surface area contributed by atoms with Crippen molar-refractivity contribution >= 4 is 56.0 Å². The Balaban J connectivity index is 1.76. The minimum absolute atomic E-state index is 0.252. The van der Waals surface area contributed by atoms with Gasteiger partial charge in [-0.2, -0.15) is 9.47 Å². The van der Waals surface area contributed by atoms with Crippen molar-refractivity contribution < 1.29 is 4.74 Å². The summed E-state index contributed by atoms with van der Waals surface area (Å²) in [6.07, 6.45) is 4.10. The molecule has 0 N–H and O–H groups in total. The minimum Gasteiger partial charge on any atom is -0.377 e. The molecule has 0 saturated carbocycles. The fourth-order valence-electron chi connectivity index (χ4n) is 3.56. The molecule has 4 aromatic heterocycles. The minimum atomic E-state index is 0.252. The molecule has 0 aromatic carbocycles. The Kier molecular flexibility index (Phi) is 5.23. The summed E-state index contributed by atoms with van der Waals surface area (Å²) in [6, 6.07) is 4.38. The molecule has 1 saturated heterocycles. The van der Waals surface area contributed by atoms with Gasteiger partial charge in [-0.15, -0.1) is 5.10 Å². The molecule has 0 bridgehead atoms. The Morgan fingerprint density at radius 1 is 1.34 bits per heavy atom. The number of fused-ring (bicyclic) bond motifs is 1. The van der Waals surface area contributed by atoms with Gasteiger partial charge in [0.15, 0.2) is 0 Å². The highest BCUT2D eigenvalue weighted by molar-refractivity contribution is 14.2. The second kappa shape index (κ2) is 7.86. The number of nitrogens with zero attached hydrogens (tertiary/aromatic N) is 8. The van der Waals surface area contributed by atoms with Gasteiger partial charge in [0.25, 0.3) is 0 Å². The van der Waals surface area contributed by atoms with E-state index in [9.17, 15) is 0 Å². The first-order valence-electron chi connectivity index (χ1n) is 9.08. The highest BCUT2D eigenvalue weighted by Gasteiger charge is 2.25. The second-order valence-corrected chi connectivity index (χ2v) is 9.62. The van der Waals surface area contributed by atoms with Gasteiger partial charge in [-0.3, -0.25) is 0 Å². The first kappa shape index (κ1) is 19.3. The predicted molar refractivity (Wildman–Crippen MR) is 124 cm³/mol. The van der Waals surface area contributed by atoms with E-state index >= 15 is 0 Å². The zero-order chi connectivity index (χ0) is 20.0. The van der Waals surface area contributed by atoms with E-state index in [0.29, 0.717) is 19.6 Å². The van der Waals surface area contributed by atoms with E-state index in [1.807, 2.05) is 23.8 Å². The van der Waals surface area contributed by atoms with Gasteiger partial charge < -0.3 is 9.64 Å². The lowest BCUT2D eigenvalue weighted by molar-refractivity contribution is 0.0986. The summed E-state index contributed by atoms with van der Waals surface area (Å²) in [6.45, 7) is 4.36. The summed E-state index contributed by atoms with van der Waals surface area (Å²) in [5.41, 5.74) is 4.73. The van der Waals surface area contributed by atoms with E-state index in [1.165, 1.54) is 11.5 Å². The first-order valence-corrected chi connectivity index (χ1v) is 13.9. The molecule has 0 amide bonds. The topological polar surface area (TPSA) is 86.8 Å². The van der Waals surface area contributed by atoms with Crippen molar-refractivity contribution in [2.45, 2.75) is 13.0 Å². The molecule has 12 heteroatoms. The van der Waals surface area contributed by atoms with Gasteiger partial charge in [0, 0.05) is 25.4 Å². The lowest BCUT2D eigenvalue weighted by atomic mass is 10.1. The molecule has 0 aliphatic carbocycles. The summed E-state index contributed by atoms with van der Waals surface area (Å²) < 4.78 is 15.2. The van der Waals surface area contributed by atoms with Crippen LogP contribution in [0, 0.1) is 0 Å². The molecule has 0 radical (unpaired) electrons. The Morgan fingerprint density at radius 3 is 3.00 bits per heavy atom. The largest absolute Gasteiger partial charge is 0.377 e. The van der Waals surface area contributed by atoms with Crippen LogP contribution in [0.2, 0.25) is 0 Å². The fourth-order valence-corrected chi connectivity index (χ4v) is 5.95. The third kappa shape index (κ3) is 3.33. The summed E-state index contributed by atoms with van der Waals surface area (Å²) >= 11 is 3.79. The molecule has 0 spiro atoms. The van der Waals surface area contributed by atoms with Crippen molar-refractivity contribution in [2.24, 2.45) is 7.05 Å². The molecule has 1 fully saturated rings. The van der Waals surface area contributed by atoms with Crippen molar-refractivity contribution in [3.63, 3.8) is 0 Å². The molecule has 2 atom stereocenters. The summed E-state index contributed by atoms with van der Waals surface area (Å²) in [7, 11) is 1.90. The van der Waals surface area contributed by atoms with Crippen LogP contribution >= 0.6 is 39.9 Å². The molecular weight excluding hydrogens is 522 g/mol. The van der Waals surface area contributed by atoms with Crippen molar-refractivity contribution in [3.05, 3.63) is 24.5 Å². The number of pyridine rings is 1. The second-order valence-electron chi connectivity index (χ2n) is 6.81. The molecule has 1 aliphatic rings. The zero-order valence-corrected chi connectivity index (χ0v) is 19.8. The van der Waals surface area contributed by atoms with Crippen LogP contribution in [0.3, 0.4) is 0 Å². The van der Waals surface area contributed by atoms with Crippen LogP contribution in [0.5, 0.6) is 0 Å². The summed E-state index contributed by atoms with van der Waals surface area (Å²) in [4.78, 5) is 7.37. The monoisotopic (exact) mass is 540 g/mol. The quantitative estimate of drug-likeness (QED) is 0.290. The lowest BCUT2D eigenvalue weighted by Gasteiger charge is -2.34. The maximum Gasteiger partial charge on any atom is 0.130 e. The Hall–Kier alpha value is -1.69. The van der Waals surface area contributed by atoms with Gasteiger partial charge in [0.05, 0.1) is 47.9 Å². The SMILES string of the molecule is C[C@@H]1COCCN1c1cc(-c2cnnn2C)c2snc(-c3ccnn3PI)c2n1. The van der Waals surface area contributed by atoms with Crippen molar-refractivity contribution in [1.29, 1.82) is 0 Å². The molecule has 1 unspecified atom stereocenters. The molecule has 5 heterocycles. The van der Waals surface area contributed by atoms with Crippen LogP contribution in [0.4, 0.5) is 5.82 Å². The molecule has 9 nitrogen and oxygen atoms in total. The number of aryl methyl sites for hydroxylation is 1. The van der Waals surface area contributed by atoms with Crippen LogP contribution in [-0.4, -0.2) is 59.7 Å². The van der Waals surface area contributed by atoms with E-state index in [2.05, 4.69) is 55.3 Å². The average Bonchev–Trinajstić information content (AvgIpc) is 3.46. The number of hydrogen-bond donors (Lipinski definition) is 0. The van der Waals surface area contributed by atoms with Gasteiger partial charge in [-0.1, -0.05) is 5.21 Å². The number of morpholine rings is 1. The van der Waals surface area contributed by atoms with Gasteiger partial charge >= 0.3 is 0 Å². The average molecular weight is 540 g/mol. The Bertz CT molecular complexity index is 1170. The van der Waals surface area contributed by atoms with Crippen molar-refractivity contribution in [1.82, 2.24) is 33.9 Å². The normalized spacial score (nSPS) is 17.8. The van der Waals surface area contributed by atoms with Crippen LogP contribution in [-0.2, 0) is 11.8 Å². The molecular formula is C17H18IN8OPS. The van der Waals surface area contributed by atoms with Gasteiger partial charge in [-0.25, -0.2) is 14.1 Å². The first-order chi connectivity index (χ1) is 14.2. The van der Waals surface area contributed by atoms with Gasteiger partial charge in [0.2, 0.25) is 0 Å². The molecule has 1 aliphatic heterocycles. The number of aromatic nitrogens is 7. The summed E-state index contributed by atoms with van der Waals surface area (Å²) in [5.74, 6) is 0.925. The van der Waals surface area contributed by atoms with Crippen molar-refractivity contribution in [2.75, 3.05) is 24.7 Å². The van der Waals surface area contributed by atoms with Crippen LogP contribution in [0.25, 0.3) is 32.9 Å². The standard InChI is InChI=1S/C17H18IN8OPS/c1-10-9-27-6-5-25(10)14-7-11(13-8-19-23-24(13)2)17-16(21-14)15(22-29-17)12-3-4-20-26(12)28-18/h3-4,7-8,10,28H,5-6,9H2,1-2H3/t10-/m1/s1. The Morgan fingerprint density at radius 2 is 2.24 bits per heavy atom. The number of hydrogen-bond acceptors (Lipinski definition) is 8. The number of anilines is 1. The van der Waals surface area contributed by atoms with Gasteiger partial charge in [-0.05, 0) is 52.6 Å².